The van der Waals surface area contributed by atoms with Crippen LogP contribution >= 0.6 is 0 Å². The molecule has 1 aromatic rings. The van der Waals surface area contributed by atoms with Crippen molar-refractivity contribution in [2.45, 2.75) is 18.9 Å². The van der Waals surface area contributed by atoms with Crippen LogP contribution < -0.4 is 5.73 Å². The van der Waals surface area contributed by atoms with E-state index < -0.39 is 0 Å². The Bertz CT molecular complexity index is 529. The number of carbonyl (C=O) groups is 1. The zero-order valence-electron chi connectivity index (χ0n) is 12.5. The van der Waals surface area contributed by atoms with Crippen LogP contribution in [0.25, 0.3) is 0 Å². The van der Waals surface area contributed by atoms with E-state index in [1.54, 1.807) is 0 Å². The number of piperazine rings is 1. The first-order valence-electron chi connectivity index (χ1n) is 7.32. The Morgan fingerprint density at radius 2 is 2.10 bits per heavy atom. The lowest BCUT2D eigenvalue weighted by Crippen LogP contribution is -2.47. The van der Waals surface area contributed by atoms with E-state index in [4.69, 9.17) is 11.0 Å². The van der Waals surface area contributed by atoms with Crippen molar-refractivity contribution in [3.05, 3.63) is 35.4 Å². The lowest BCUT2D eigenvalue weighted by molar-refractivity contribution is 0.0664. The molecule has 0 radical (unpaired) electrons. The van der Waals surface area contributed by atoms with Gasteiger partial charge in [-0.1, -0.05) is 12.1 Å². The molecule has 1 fully saturated rings. The standard InChI is InChI=1S/C16H22N4O/c1-19-8-10-20(11-9-19)16(21)14-5-2-4-13(12-14)15(18)6-3-7-17/h2,4-5,12,15H,3,6,8-11,18H2,1H3/t15-/m0/s1. The molecule has 1 amide bonds. The largest absolute Gasteiger partial charge is 0.336 e. The van der Waals surface area contributed by atoms with Crippen LogP contribution in [-0.2, 0) is 0 Å². The van der Waals surface area contributed by atoms with Crippen molar-refractivity contribution in [2.24, 2.45) is 5.73 Å². The number of carbonyl (C=O) groups excluding carboxylic acids is 1. The molecular formula is C16H22N4O. The van der Waals surface area contributed by atoms with Crippen molar-refractivity contribution in [1.29, 1.82) is 5.26 Å². The molecule has 2 N–H and O–H groups in total. The quantitative estimate of drug-likeness (QED) is 0.907. The lowest BCUT2D eigenvalue weighted by atomic mass is 10.0. The Morgan fingerprint density at radius 1 is 1.38 bits per heavy atom. The van der Waals surface area contributed by atoms with Crippen LogP contribution in [0.5, 0.6) is 0 Å². The van der Waals surface area contributed by atoms with Gasteiger partial charge >= 0.3 is 0 Å². The van der Waals surface area contributed by atoms with E-state index in [1.807, 2.05) is 29.2 Å². The number of hydrogen-bond donors (Lipinski definition) is 1. The Hall–Kier alpha value is -1.90. The summed E-state index contributed by atoms with van der Waals surface area (Å²) in [7, 11) is 2.07. The molecule has 0 saturated carbocycles. The minimum Gasteiger partial charge on any atom is -0.336 e. The second kappa shape index (κ2) is 7.21. The fraction of sp³-hybridized carbons (Fsp3) is 0.500. The molecule has 1 heterocycles. The van der Waals surface area contributed by atoms with Crippen LogP contribution in [0, 0.1) is 11.3 Å². The summed E-state index contributed by atoms with van der Waals surface area (Å²) in [6.07, 6.45) is 1.04. The van der Waals surface area contributed by atoms with Crippen LogP contribution in [-0.4, -0.2) is 48.9 Å². The average molecular weight is 286 g/mol. The predicted octanol–water partition coefficient (Wildman–Crippen LogP) is 1.38. The molecule has 112 valence electrons. The zero-order valence-corrected chi connectivity index (χ0v) is 12.5. The summed E-state index contributed by atoms with van der Waals surface area (Å²) >= 11 is 0. The highest BCUT2D eigenvalue weighted by Crippen LogP contribution is 2.18. The van der Waals surface area contributed by atoms with Gasteiger partial charge in [-0.05, 0) is 31.2 Å². The Kier molecular flexibility index (Phi) is 5.32. The Balaban J connectivity index is 2.06. The van der Waals surface area contributed by atoms with Crippen LogP contribution in [0.1, 0.15) is 34.8 Å². The summed E-state index contributed by atoms with van der Waals surface area (Å²) in [4.78, 5) is 16.6. The number of nitrogens with zero attached hydrogens (tertiary/aromatic N) is 3. The summed E-state index contributed by atoms with van der Waals surface area (Å²) in [6.45, 7) is 3.35. The molecule has 1 aliphatic heterocycles. The fourth-order valence-corrected chi connectivity index (χ4v) is 2.48. The third-order valence-corrected chi connectivity index (χ3v) is 3.92. The zero-order chi connectivity index (χ0) is 15.2. The van der Waals surface area contributed by atoms with Crippen LogP contribution in [0.4, 0.5) is 0 Å². The molecule has 1 atom stereocenters. The predicted molar refractivity (Wildman–Crippen MR) is 81.6 cm³/mol. The first-order chi connectivity index (χ1) is 10.1. The maximum absolute atomic E-state index is 12.5. The second-order valence-electron chi connectivity index (χ2n) is 5.52. The first kappa shape index (κ1) is 15.5. The molecular weight excluding hydrogens is 264 g/mol. The van der Waals surface area contributed by atoms with Gasteiger partial charge in [-0.25, -0.2) is 0 Å². The van der Waals surface area contributed by atoms with Crippen LogP contribution in [0.3, 0.4) is 0 Å². The van der Waals surface area contributed by atoms with Gasteiger partial charge in [-0.2, -0.15) is 5.26 Å². The molecule has 0 bridgehead atoms. The monoisotopic (exact) mass is 286 g/mol. The van der Waals surface area contributed by atoms with E-state index in [2.05, 4.69) is 18.0 Å². The second-order valence-corrected chi connectivity index (χ2v) is 5.52. The number of nitrogens with two attached hydrogens (primary N) is 1. The number of nitriles is 1. The van der Waals surface area contributed by atoms with Gasteiger partial charge in [-0.3, -0.25) is 4.79 Å². The van der Waals surface area contributed by atoms with E-state index in [9.17, 15) is 4.79 Å². The fourth-order valence-electron chi connectivity index (χ4n) is 2.48. The van der Waals surface area contributed by atoms with E-state index in [0.29, 0.717) is 18.4 Å². The highest BCUT2D eigenvalue weighted by Gasteiger charge is 2.20. The van der Waals surface area contributed by atoms with Gasteiger partial charge in [0.05, 0.1) is 6.07 Å². The van der Waals surface area contributed by atoms with Crippen molar-refractivity contribution < 1.29 is 4.79 Å². The summed E-state index contributed by atoms with van der Waals surface area (Å²) < 4.78 is 0. The van der Waals surface area contributed by atoms with Gasteiger partial charge in [0, 0.05) is 44.2 Å². The van der Waals surface area contributed by atoms with Gasteiger partial charge < -0.3 is 15.5 Å². The molecule has 5 nitrogen and oxygen atoms in total. The molecule has 1 saturated heterocycles. The number of hydrogen-bond acceptors (Lipinski definition) is 4. The smallest absolute Gasteiger partial charge is 0.253 e. The number of likely N-dealkylation sites (N-methyl/N-ethyl adjacent to an activating group) is 1. The molecule has 0 unspecified atom stereocenters. The topological polar surface area (TPSA) is 73.4 Å². The summed E-state index contributed by atoms with van der Waals surface area (Å²) in [5, 5.41) is 8.63. The van der Waals surface area contributed by atoms with Gasteiger partial charge in [-0.15, -0.1) is 0 Å². The molecule has 1 aliphatic rings. The van der Waals surface area contributed by atoms with E-state index in [1.165, 1.54) is 0 Å². The van der Waals surface area contributed by atoms with Gasteiger partial charge in [0.1, 0.15) is 0 Å². The minimum atomic E-state index is -0.190. The van der Waals surface area contributed by atoms with Crippen molar-refractivity contribution in [3.8, 4) is 6.07 Å². The van der Waals surface area contributed by atoms with Crippen molar-refractivity contribution in [2.75, 3.05) is 33.2 Å². The Morgan fingerprint density at radius 3 is 2.76 bits per heavy atom. The first-order valence-corrected chi connectivity index (χ1v) is 7.32. The van der Waals surface area contributed by atoms with Crippen molar-refractivity contribution >= 4 is 5.91 Å². The highest BCUT2D eigenvalue weighted by atomic mass is 16.2. The maximum Gasteiger partial charge on any atom is 0.253 e. The average Bonchev–Trinajstić information content (AvgIpc) is 2.52. The molecule has 0 aromatic heterocycles. The van der Waals surface area contributed by atoms with E-state index >= 15 is 0 Å². The van der Waals surface area contributed by atoms with Gasteiger partial charge in [0.2, 0.25) is 0 Å². The van der Waals surface area contributed by atoms with Gasteiger partial charge in [0.25, 0.3) is 5.91 Å². The number of amides is 1. The third-order valence-electron chi connectivity index (χ3n) is 3.92. The van der Waals surface area contributed by atoms with Crippen LogP contribution in [0.2, 0.25) is 0 Å². The molecule has 21 heavy (non-hydrogen) atoms. The van der Waals surface area contributed by atoms with Gasteiger partial charge in [0.15, 0.2) is 0 Å². The summed E-state index contributed by atoms with van der Waals surface area (Å²) in [5.74, 6) is 0.0671. The minimum absolute atomic E-state index is 0.0671. The maximum atomic E-state index is 12.5. The molecule has 2 rings (SSSR count). The van der Waals surface area contributed by atoms with Crippen molar-refractivity contribution in [3.63, 3.8) is 0 Å². The van der Waals surface area contributed by atoms with E-state index in [0.717, 1.165) is 31.7 Å². The number of rotatable bonds is 4. The molecule has 1 aromatic carbocycles. The van der Waals surface area contributed by atoms with Crippen LogP contribution in [0.15, 0.2) is 24.3 Å². The summed E-state index contributed by atoms with van der Waals surface area (Å²) in [5.41, 5.74) is 7.67. The normalized spacial score (nSPS) is 17.3. The lowest BCUT2D eigenvalue weighted by Gasteiger charge is -2.32. The molecule has 5 heteroatoms. The highest BCUT2D eigenvalue weighted by molar-refractivity contribution is 5.94. The van der Waals surface area contributed by atoms with Crippen molar-refractivity contribution in [1.82, 2.24) is 9.80 Å². The number of benzene rings is 1. The molecule has 0 aliphatic carbocycles. The Labute approximate surface area is 125 Å². The third kappa shape index (κ3) is 4.03. The molecule has 0 spiro atoms. The van der Waals surface area contributed by atoms with E-state index in [-0.39, 0.29) is 11.9 Å². The SMILES string of the molecule is CN1CCN(C(=O)c2cccc([C@@H](N)CCC#N)c2)CC1. The summed E-state index contributed by atoms with van der Waals surface area (Å²) in [6, 6.07) is 9.40.